The quantitative estimate of drug-likeness (QED) is 0.393. The molecule has 0 fully saturated rings. The van der Waals surface area contributed by atoms with Crippen molar-refractivity contribution in [1.82, 2.24) is 15.3 Å². The third kappa shape index (κ3) is 5.62. The number of carbonyl (C=O) groups is 2. The minimum absolute atomic E-state index is 0.312. The van der Waals surface area contributed by atoms with Crippen molar-refractivity contribution in [3.8, 4) is 0 Å². The molecule has 0 heterocycles. The Morgan fingerprint density at radius 1 is 1.33 bits per heavy atom. The van der Waals surface area contributed by atoms with Crippen LogP contribution >= 0.6 is 0 Å². The second-order valence-corrected chi connectivity index (χ2v) is 4.19. The van der Waals surface area contributed by atoms with Crippen molar-refractivity contribution in [2.24, 2.45) is 10.7 Å². The number of carbonyl (C=O) groups excluding carboxylic acids is 2. The topological polar surface area (TPSA) is 91.0 Å². The second-order valence-electron chi connectivity index (χ2n) is 4.19. The van der Waals surface area contributed by atoms with Crippen LogP contribution in [0.4, 0.5) is 4.79 Å². The number of hydrazine groups is 1. The maximum atomic E-state index is 11.8. The summed E-state index contributed by atoms with van der Waals surface area (Å²) in [5.41, 5.74) is 7.86. The van der Waals surface area contributed by atoms with Gasteiger partial charge in [-0.1, -0.05) is 0 Å². The minimum Gasteiger partial charge on any atom is -0.330 e. The average molecular weight is 257 g/mol. The smallest absolute Gasteiger partial charge is 0.330 e. The largest absolute Gasteiger partial charge is 0.337 e. The van der Waals surface area contributed by atoms with Crippen LogP contribution in [0.5, 0.6) is 0 Å². The van der Waals surface area contributed by atoms with Crippen molar-refractivity contribution in [2.45, 2.75) is 25.3 Å². The van der Waals surface area contributed by atoms with Crippen LogP contribution in [0.15, 0.2) is 4.99 Å². The molecule has 0 saturated heterocycles. The number of hydrogen-bond acceptors (Lipinski definition) is 4. The van der Waals surface area contributed by atoms with Crippen molar-refractivity contribution in [3.63, 3.8) is 0 Å². The summed E-state index contributed by atoms with van der Waals surface area (Å²) in [5, 5.41) is 1.13. The van der Waals surface area contributed by atoms with E-state index in [-0.39, 0.29) is 11.9 Å². The highest BCUT2D eigenvalue weighted by Gasteiger charge is 2.19. The number of nitrogens with two attached hydrogens (primary N) is 1. The normalized spacial score (nSPS) is 11.6. The van der Waals surface area contributed by atoms with Crippen LogP contribution in [0.2, 0.25) is 0 Å². The molecule has 0 aliphatic heterocycles. The van der Waals surface area contributed by atoms with Gasteiger partial charge in [-0.3, -0.25) is 15.2 Å². The summed E-state index contributed by atoms with van der Waals surface area (Å²) in [6.07, 6.45) is 2.22. The molecule has 0 saturated carbocycles. The number of urea groups is 1. The molecule has 0 bridgehead atoms. The lowest BCUT2D eigenvalue weighted by molar-refractivity contribution is -0.125. The fourth-order valence-electron chi connectivity index (χ4n) is 1.37. The predicted molar refractivity (Wildman–Crippen MR) is 71.2 cm³/mol. The molecule has 0 unspecified atom stereocenters. The number of hydrogen-bond donors (Lipinski definition) is 2. The molecule has 0 aromatic rings. The number of aliphatic imine (C=N–C) groups is 1. The molecule has 3 amide bonds. The Morgan fingerprint density at radius 2 is 1.94 bits per heavy atom. The van der Waals surface area contributed by atoms with Crippen molar-refractivity contribution in [2.75, 3.05) is 27.7 Å². The van der Waals surface area contributed by atoms with Gasteiger partial charge in [0.2, 0.25) is 0 Å². The van der Waals surface area contributed by atoms with Crippen molar-refractivity contribution >= 4 is 18.7 Å². The molecule has 7 heteroatoms. The molecule has 1 atom stereocenters. The van der Waals surface area contributed by atoms with Crippen LogP contribution in [0.25, 0.3) is 0 Å². The maximum Gasteiger partial charge on any atom is 0.337 e. The summed E-state index contributed by atoms with van der Waals surface area (Å²) in [7, 11) is 4.70. The molecule has 0 aliphatic rings. The van der Waals surface area contributed by atoms with Crippen LogP contribution in [0.3, 0.4) is 0 Å². The molecule has 0 spiro atoms. The van der Waals surface area contributed by atoms with Crippen LogP contribution < -0.4 is 11.2 Å². The first kappa shape index (κ1) is 16.4. The molecule has 0 radical (unpaired) electrons. The monoisotopic (exact) mass is 257 g/mol. The van der Waals surface area contributed by atoms with Crippen molar-refractivity contribution < 1.29 is 9.59 Å². The van der Waals surface area contributed by atoms with Crippen LogP contribution in [0.1, 0.15) is 19.3 Å². The number of nitrogens with one attached hydrogen (secondary N) is 1. The first-order chi connectivity index (χ1) is 8.43. The number of rotatable bonds is 6. The number of nitrogens with zero attached hydrogens (tertiary/aromatic N) is 3. The van der Waals surface area contributed by atoms with Gasteiger partial charge in [0.25, 0.3) is 5.91 Å². The standard InChI is InChI=1S/C11H23N5O2/c1-13-9(7-5-6-8-12)10(17)14-16(4)11(18)15(2)3/h9H,1,5-8,12H2,2-4H3,(H,14,17)/t9-/m0/s1. The van der Waals surface area contributed by atoms with Gasteiger partial charge in [0.1, 0.15) is 6.04 Å². The minimum atomic E-state index is -0.547. The van der Waals surface area contributed by atoms with E-state index in [2.05, 4.69) is 17.1 Å². The van der Waals surface area contributed by atoms with Crippen LogP contribution in [-0.2, 0) is 4.79 Å². The molecule has 0 aromatic heterocycles. The summed E-state index contributed by atoms with van der Waals surface area (Å²) in [4.78, 5) is 28.5. The summed E-state index contributed by atoms with van der Waals surface area (Å²) in [6, 6.07) is -0.859. The second kappa shape index (κ2) is 8.46. The average Bonchev–Trinajstić information content (AvgIpc) is 2.33. The first-order valence-electron chi connectivity index (χ1n) is 5.85. The van der Waals surface area contributed by atoms with E-state index in [1.165, 1.54) is 11.9 Å². The Bertz CT molecular complexity index is 293. The van der Waals surface area contributed by atoms with Crippen molar-refractivity contribution in [3.05, 3.63) is 0 Å². The van der Waals surface area contributed by atoms with Gasteiger partial charge < -0.3 is 10.6 Å². The van der Waals surface area contributed by atoms with E-state index in [0.717, 1.165) is 17.9 Å². The van der Waals surface area contributed by atoms with Gasteiger partial charge >= 0.3 is 6.03 Å². The van der Waals surface area contributed by atoms with Gasteiger partial charge in [-0.25, -0.2) is 9.80 Å². The molecule has 18 heavy (non-hydrogen) atoms. The highest BCUT2D eigenvalue weighted by molar-refractivity contribution is 5.85. The molecule has 0 rings (SSSR count). The molecule has 0 aliphatic carbocycles. The molecular weight excluding hydrogens is 234 g/mol. The summed E-state index contributed by atoms with van der Waals surface area (Å²) < 4.78 is 0. The highest BCUT2D eigenvalue weighted by Crippen LogP contribution is 2.04. The molecule has 7 nitrogen and oxygen atoms in total. The lowest BCUT2D eigenvalue weighted by Crippen LogP contribution is -2.50. The maximum absolute atomic E-state index is 11.8. The van der Waals surface area contributed by atoms with Crippen LogP contribution in [0, 0.1) is 0 Å². The summed E-state index contributed by atoms with van der Waals surface area (Å²) in [5.74, 6) is -0.334. The summed E-state index contributed by atoms with van der Waals surface area (Å²) >= 11 is 0. The van der Waals surface area contributed by atoms with E-state index in [4.69, 9.17) is 5.73 Å². The molecule has 0 aromatic carbocycles. The Balaban J connectivity index is 4.26. The Labute approximate surface area is 108 Å². The van der Waals surface area contributed by atoms with E-state index < -0.39 is 6.04 Å². The number of unbranched alkanes of at least 4 members (excludes halogenated alkanes) is 1. The van der Waals surface area contributed by atoms with Gasteiger partial charge in [0.15, 0.2) is 0 Å². The van der Waals surface area contributed by atoms with Gasteiger partial charge in [-0.15, -0.1) is 0 Å². The van der Waals surface area contributed by atoms with Gasteiger partial charge in [0.05, 0.1) is 0 Å². The van der Waals surface area contributed by atoms with E-state index in [1.54, 1.807) is 14.1 Å². The van der Waals surface area contributed by atoms with Gasteiger partial charge in [-0.2, -0.15) is 0 Å². The van der Waals surface area contributed by atoms with E-state index in [9.17, 15) is 9.59 Å². The van der Waals surface area contributed by atoms with E-state index in [1.807, 2.05) is 0 Å². The Hall–Kier alpha value is -1.63. The third-order valence-electron chi connectivity index (χ3n) is 2.40. The van der Waals surface area contributed by atoms with Crippen molar-refractivity contribution in [1.29, 1.82) is 0 Å². The number of amides is 3. The van der Waals surface area contributed by atoms with E-state index >= 15 is 0 Å². The highest BCUT2D eigenvalue weighted by atomic mass is 16.2. The lowest BCUT2D eigenvalue weighted by Gasteiger charge is -2.23. The Morgan fingerprint density at radius 3 is 2.39 bits per heavy atom. The summed E-state index contributed by atoms with van der Waals surface area (Å²) in [6.45, 7) is 3.98. The van der Waals surface area contributed by atoms with Gasteiger partial charge in [0, 0.05) is 21.1 Å². The van der Waals surface area contributed by atoms with Crippen LogP contribution in [-0.4, -0.2) is 62.3 Å². The van der Waals surface area contributed by atoms with E-state index in [0.29, 0.717) is 13.0 Å². The SMILES string of the molecule is C=N[C@@H](CCCCN)C(=O)NN(C)C(=O)N(C)C. The Kier molecular flexibility index (Phi) is 7.69. The zero-order valence-electron chi connectivity index (χ0n) is 11.3. The third-order valence-corrected chi connectivity index (χ3v) is 2.40. The molecular formula is C11H23N5O2. The van der Waals surface area contributed by atoms with Gasteiger partial charge in [-0.05, 0) is 32.5 Å². The fraction of sp³-hybridized carbons (Fsp3) is 0.727. The molecule has 104 valence electrons. The zero-order valence-corrected chi connectivity index (χ0v) is 11.3. The molecule has 3 N–H and O–H groups in total. The lowest BCUT2D eigenvalue weighted by atomic mass is 10.1. The zero-order chi connectivity index (χ0) is 14.1. The fourth-order valence-corrected chi connectivity index (χ4v) is 1.37. The first-order valence-corrected chi connectivity index (χ1v) is 5.85. The predicted octanol–water partition coefficient (Wildman–Crippen LogP) is -0.171.